The molecule has 1 aliphatic rings. The number of methoxy groups -OCH3 is 1. The lowest BCUT2D eigenvalue weighted by Crippen LogP contribution is -2.36. The van der Waals surface area contributed by atoms with Gasteiger partial charge in [0.2, 0.25) is 10.0 Å². The first kappa shape index (κ1) is 21.1. The zero-order valence-electron chi connectivity index (χ0n) is 16.2. The molecule has 0 aromatic heterocycles. The number of primary sulfonamides is 1. The van der Waals surface area contributed by atoms with Gasteiger partial charge in [0.15, 0.2) is 0 Å². The Morgan fingerprint density at radius 1 is 1.17 bits per heavy atom. The highest BCUT2D eigenvalue weighted by Gasteiger charge is 2.33. The summed E-state index contributed by atoms with van der Waals surface area (Å²) in [5, 5.41) is 7.27. The fourth-order valence-corrected chi connectivity index (χ4v) is 3.95. The van der Waals surface area contributed by atoms with Crippen LogP contribution >= 0.6 is 0 Å². The maximum absolute atomic E-state index is 12.4. The molecule has 0 aliphatic carbocycles. The Labute approximate surface area is 170 Å². The molecule has 29 heavy (non-hydrogen) atoms. The van der Waals surface area contributed by atoms with Crippen LogP contribution in [0.25, 0.3) is 0 Å². The Hall–Kier alpha value is -2.62. The van der Waals surface area contributed by atoms with Crippen molar-refractivity contribution < 1.29 is 22.7 Å². The summed E-state index contributed by atoms with van der Waals surface area (Å²) in [4.78, 5) is 13.8. The number of nitrogens with two attached hydrogens (primary N) is 1. The number of ether oxygens (including phenoxy) is 2. The quantitative estimate of drug-likeness (QED) is 0.715. The summed E-state index contributed by atoms with van der Waals surface area (Å²) in [5.41, 5.74) is 2.58. The van der Waals surface area contributed by atoms with Crippen molar-refractivity contribution in [3.63, 3.8) is 0 Å². The molecule has 3 N–H and O–H groups in total. The molecular formula is C20H25N3O5S. The molecule has 2 amide bonds. The smallest absolute Gasteiger partial charge is 0.321 e. The van der Waals surface area contributed by atoms with Crippen molar-refractivity contribution in [1.82, 2.24) is 4.90 Å². The molecule has 1 aliphatic heterocycles. The zero-order chi connectivity index (χ0) is 20.9. The SMILES string of the molecule is COc1ccc(COCc2cccc(NC(=O)N3CC[C@H](S(N)(=O)=O)C3)c2)cc1. The second-order valence-electron chi connectivity index (χ2n) is 6.92. The summed E-state index contributed by atoms with van der Waals surface area (Å²) in [6.07, 6.45) is 0.353. The molecule has 0 bridgehead atoms. The van der Waals surface area contributed by atoms with Gasteiger partial charge in [-0.05, 0) is 41.8 Å². The Kier molecular flexibility index (Phi) is 6.73. The van der Waals surface area contributed by atoms with E-state index in [2.05, 4.69) is 5.32 Å². The Morgan fingerprint density at radius 3 is 2.55 bits per heavy atom. The number of anilines is 1. The van der Waals surface area contributed by atoms with Crippen LogP contribution in [0.1, 0.15) is 17.5 Å². The van der Waals surface area contributed by atoms with Gasteiger partial charge in [0.25, 0.3) is 0 Å². The summed E-state index contributed by atoms with van der Waals surface area (Å²) in [6, 6.07) is 14.7. The Bertz CT molecular complexity index is 947. The van der Waals surface area contributed by atoms with E-state index in [0.29, 0.717) is 31.9 Å². The van der Waals surface area contributed by atoms with Crippen molar-refractivity contribution >= 4 is 21.7 Å². The topological polar surface area (TPSA) is 111 Å². The summed E-state index contributed by atoms with van der Waals surface area (Å²) in [7, 11) is -2.01. The van der Waals surface area contributed by atoms with Crippen molar-refractivity contribution in [2.24, 2.45) is 5.14 Å². The average molecular weight is 420 g/mol. The number of amides is 2. The molecule has 1 heterocycles. The van der Waals surface area contributed by atoms with E-state index in [9.17, 15) is 13.2 Å². The van der Waals surface area contributed by atoms with Gasteiger partial charge in [-0.15, -0.1) is 0 Å². The van der Waals surface area contributed by atoms with Crippen LogP contribution in [-0.4, -0.2) is 44.8 Å². The number of benzene rings is 2. The lowest BCUT2D eigenvalue weighted by molar-refractivity contribution is 0.107. The molecule has 2 aromatic rings. The molecule has 0 radical (unpaired) electrons. The fourth-order valence-electron chi connectivity index (χ4n) is 3.13. The summed E-state index contributed by atoms with van der Waals surface area (Å²) in [6.45, 7) is 1.32. The van der Waals surface area contributed by atoms with E-state index in [0.717, 1.165) is 16.9 Å². The van der Waals surface area contributed by atoms with Gasteiger partial charge in [-0.1, -0.05) is 24.3 Å². The number of hydrogen-bond donors (Lipinski definition) is 2. The van der Waals surface area contributed by atoms with Gasteiger partial charge < -0.3 is 19.7 Å². The van der Waals surface area contributed by atoms with Gasteiger partial charge in [-0.3, -0.25) is 0 Å². The molecule has 8 nitrogen and oxygen atoms in total. The lowest BCUT2D eigenvalue weighted by atomic mass is 10.2. The van der Waals surface area contributed by atoms with E-state index in [1.165, 1.54) is 4.90 Å². The number of nitrogens with one attached hydrogen (secondary N) is 1. The number of hydrogen-bond acceptors (Lipinski definition) is 5. The van der Waals surface area contributed by atoms with Crippen LogP contribution in [0.5, 0.6) is 5.75 Å². The van der Waals surface area contributed by atoms with E-state index >= 15 is 0 Å². The molecule has 2 aromatic carbocycles. The zero-order valence-corrected chi connectivity index (χ0v) is 17.0. The molecule has 0 unspecified atom stereocenters. The number of carbonyl (C=O) groups is 1. The highest BCUT2D eigenvalue weighted by molar-refractivity contribution is 7.89. The Morgan fingerprint density at radius 2 is 1.90 bits per heavy atom. The lowest BCUT2D eigenvalue weighted by Gasteiger charge is -2.17. The van der Waals surface area contributed by atoms with Gasteiger partial charge in [0, 0.05) is 18.8 Å². The predicted octanol–water partition coefficient (Wildman–Crippen LogP) is 2.31. The van der Waals surface area contributed by atoms with Crippen LogP contribution in [-0.2, 0) is 28.0 Å². The minimum absolute atomic E-state index is 0.106. The number of rotatable bonds is 7. The van der Waals surface area contributed by atoms with Crippen LogP contribution in [0, 0.1) is 0 Å². The second kappa shape index (κ2) is 9.25. The number of likely N-dealkylation sites (tertiary alicyclic amines) is 1. The Balaban J connectivity index is 1.50. The maximum Gasteiger partial charge on any atom is 0.321 e. The van der Waals surface area contributed by atoms with Crippen molar-refractivity contribution in [1.29, 1.82) is 0 Å². The highest BCUT2D eigenvalue weighted by Crippen LogP contribution is 2.18. The van der Waals surface area contributed by atoms with Gasteiger partial charge in [0.05, 0.1) is 25.6 Å². The number of carbonyl (C=O) groups excluding carboxylic acids is 1. The standard InChI is InChI=1S/C20H25N3O5S/c1-27-18-7-5-15(6-8-18)13-28-14-16-3-2-4-17(11-16)22-20(24)23-10-9-19(12-23)29(21,25)26/h2-8,11,19H,9-10,12-14H2,1H3,(H,22,24)(H2,21,25,26)/t19-/m0/s1. The van der Waals surface area contributed by atoms with Crippen molar-refractivity contribution in [2.75, 3.05) is 25.5 Å². The van der Waals surface area contributed by atoms with Crippen molar-refractivity contribution in [3.05, 3.63) is 59.7 Å². The monoisotopic (exact) mass is 419 g/mol. The number of sulfonamides is 1. The van der Waals surface area contributed by atoms with E-state index in [4.69, 9.17) is 14.6 Å². The number of nitrogens with zero attached hydrogens (tertiary/aromatic N) is 1. The summed E-state index contributed by atoms with van der Waals surface area (Å²) < 4.78 is 33.8. The summed E-state index contributed by atoms with van der Waals surface area (Å²) in [5.74, 6) is 0.797. The maximum atomic E-state index is 12.4. The van der Waals surface area contributed by atoms with Crippen LogP contribution in [0.15, 0.2) is 48.5 Å². The molecule has 0 spiro atoms. The molecule has 1 saturated heterocycles. The van der Waals surface area contributed by atoms with Crippen LogP contribution in [0.2, 0.25) is 0 Å². The first-order chi connectivity index (χ1) is 13.8. The number of urea groups is 1. The van der Waals surface area contributed by atoms with Gasteiger partial charge in [0.1, 0.15) is 5.75 Å². The van der Waals surface area contributed by atoms with E-state index in [-0.39, 0.29) is 12.6 Å². The molecule has 9 heteroatoms. The van der Waals surface area contributed by atoms with Crippen LogP contribution in [0.4, 0.5) is 10.5 Å². The second-order valence-corrected chi connectivity index (χ2v) is 8.76. The average Bonchev–Trinajstić information content (AvgIpc) is 3.20. The molecule has 1 atom stereocenters. The van der Waals surface area contributed by atoms with Crippen molar-refractivity contribution in [3.8, 4) is 5.75 Å². The van der Waals surface area contributed by atoms with Crippen LogP contribution < -0.4 is 15.2 Å². The molecular weight excluding hydrogens is 394 g/mol. The summed E-state index contributed by atoms with van der Waals surface area (Å²) >= 11 is 0. The fraction of sp³-hybridized carbons (Fsp3) is 0.350. The third-order valence-electron chi connectivity index (χ3n) is 4.77. The van der Waals surface area contributed by atoms with Crippen LogP contribution in [0.3, 0.4) is 0 Å². The van der Waals surface area contributed by atoms with E-state index in [1.807, 2.05) is 42.5 Å². The minimum atomic E-state index is -3.63. The van der Waals surface area contributed by atoms with E-state index in [1.54, 1.807) is 13.2 Å². The minimum Gasteiger partial charge on any atom is -0.497 e. The third kappa shape index (κ3) is 5.93. The predicted molar refractivity (Wildman–Crippen MR) is 110 cm³/mol. The molecule has 0 saturated carbocycles. The van der Waals surface area contributed by atoms with Gasteiger partial charge in [-0.2, -0.15) is 0 Å². The van der Waals surface area contributed by atoms with Gasteiger partial charge >= 0.3 is 6.03 Å². The van der Waals surface area contributed by atoms with Gasteiger partial charge in [-0.25, -0.2) is 18.4 Å². The molecule has 156 valence electrons. The van der Waals surface area contributed by atoms with Crippen molar-refractivity contribution in [2.45, 2.75) is 24.9 Å². The molecule has 3 rings (SSSR count). The third-order valence-corrected chi connectivity index (χ3v) is 6.09. The first-order valence-corrected chi connectivity index (χ1v) is 10.8. The van der Waals surface area contributed by atoms with E-state index < -0.39 is 15.3 Å². The highest BCUT2D eigenvalue weighted by atomic mass is 32.2. The molecule has 1 fully saturated rings. The first-order valence-electron chi connectivity index (χ1n) is 9.22. The largest absolute Gasteiger partial charge is 0.497 e. The normalized spacial score (nSPS) is 16.6.